The van der Waals surface area contributed by atoms with Gasteiger partial charge in [0.1, 0.15) is 5.76 Å². The minimum atomic E-state index is -0.397. The van der Waals surface area contributed by atoms with E-state index in [1.165, 1.54) is 16.7 Å². The minimum Gasteiger partial charge on any atom is -0.511 e. The maximum atomic E-state index is 13.3. The molecular formula is C21H26O3. The van der Waals surface area contributed by atoms with Gasteiger partial charge in [-0.15, -0.1) is 0 Å². The summed E-state index contributed by atoms with van der Waals surface area (Å²) in [7, 11) is 0. The van der Waals surface area contributed by atoms with Crippen LogP contribution in [0.1, 0.15) is 55.9 Å². The molecule has 0 radical (unpaired) electrons. The van der Waals surface area contributed by atoms with Gasteiger partial charge in [-0.05, 0) is 56.2 Å². The molecule has 1 aromatic rings. The lowest BCUT2D eigenvalue weighted by Crippen LogP contribution is -2.37. The van der Waals surface area contributed by atoms with Crippen molar-refractivity contribution in [2.75, 3.05) is 0 Å². The number of aliphatic hydroxyl groups excluding tert-OH is 1. The van der Waals surface area contributed by atoms with Gasteiger partial charge in [0.2, 0.25) is 0 Å². The fraction of sp³-hybridized carbons (Fsp3) is 0.571. The number of ether oxygens (including phenoxy) is 1. The van der Waals surface area contributed by atoms with Crippen LogP contribution in [0.4, 0.5) is 0 Å². The predicted molar refractivity (Wildman–Crippen MR) is 94.0 cm³/mol. The molecule has 3 nitrogen and oxygen atoms in total. The van der Waals surface area contributed by atoms with Gasteiger partial charge in [0.05, 0.1) is 29.1 Å². The summed E-state index contributed by atoms with van der Waals surface area (Å²) < 4.78 is 6.07. The van der Waals surface area contributed by atoms with Crippen molar-refractivity contribution in [3.8, 4) is 0 Å². The Balaban J connectivity index is 1.91. The monoisotopic (exact) mass is 326 g/mol. The highest BCUT2D eigenvalue weighted by Crippen LogP contribution is 2.59. The molecule has 4 atom stereocenters. The molecule has 24 heavy (non-hydrogen) atoms. The topological polar surface area (TPSA) is 46.5 Å². The second-order valence-corrected chi connectivity index (χ2v) is 7.80. The van der Waals surface area contributed by atoms with Crippen molar-refractivity contribution in [1.82, 2.24) is 0 Å². The third-order valence-corrected chi connectivity index (χ3v) is 6.32. The molecule has 4 rings (SSSR count). The Morgan fingerprint density at radius 2 is 1.88 bits per heavy atom. The second kappa shape index (κ2) is 5.19. The molecule has 1 aromatic carbocycles. The summed E-state index contributed by atoms with van der Waals surface area (Å²) in [6.45, 7) is 8.37. The van der Waals surface area contributed by atoms with E-state index in [4.69, 9.17) is 4.74 Å². The molecule has 0 amide bonds. The smallest absolute Gasteiger partial charge is 0.173 e. The Morgan fingerprint density at radius 1 is 1.25 bits per heavy atom. The fourth-order valence-electron chi connectivity index (χ4n) is 5.26. The van der Waals surface area contributed by atoms with Crippen molar-refractivity contribution < 1.29 is 14.6 Å². The lowest BCUT2D eigenvalue weighted by atomic mass is 9.73. The summed E-state index contributed by atoms with van der Waals surface area (Å²) in [4.78, 5) is 13.3. The van der Waals surface area contributed by atoms with E-state index in [1.54, 1.807) is 0 Å². The summed E-state index contributed by atoms with van der Waals surface area (Å²) in [5.74, 6) is 0.0334. The third kappa shape index (κ3) is 1.91. The molecule has 0 unspecified atom stereocenters. The normalized spacial score (nSPS) is 34.3. The van der Waals surface area contributed by atoms with Gasteiger partial charge < -0.3 is 9.84 Å². The lowest BCUT2D eigenvalue weighted by molar-refractivity contribution is -0.121. The van der Waals surface area contributed by atoms with Crippen molar-refractivity contribution in [3.63, 3.8) is 0 Å². The quantitative estimate of drug-likeness (QED) is 0.907. The minimum absolute atomic E-state index is 0.00190. The van der Waals surface area contributed by atoms with E-state index in [1.807, 2.05) is 6.92 Å². The fourth-order valence-corrected chi connectivity index (χ4v) is 5.26. The Bertz CT molecular complexity index is 735. The predicted octanol–water partition coefficient (Wildman–Crippen LogP) is 4.16. The van der Waals surface area contributed by atoms with Crippen LogP contribution in [0.3, 0.4) is 0 Å². The number of carbonyl (C=O) groups excluding carboxylic acids is 1. The zero-order valence-corrected chi connectivity index (χ0v) is 15.0. The highest BCUT2D eigenvalue weighted by atomic mass is 16.5. The van der Waals surface area contributed by atoms with Gasteiger partial charge in [-0.3, -0.25) is 4.79 Å². The van der Waals surface area contributed by atoms with E-state index in [0.717, 1.165) is 31.2 Å². The molecule has 128 valence electrons. The van der Waals surface area contributed by atoms with Gasteiger partial charge in [-0.25, -0.2) is 0 Å². The largest absolute Gasteiger partial charge is 0.511 e. The van der Waals surface area contributed by atoms with E-state index >= 15 is 0 Å². The maximum Gasteiger partial charge on any atom is 0.173 e. The molecule has 2 aliphatic heterocycles. The van der Waals surface area contributed by atoms with Gasteiger partial charge in [-0.1, -0.05) is 31.5 Å². The number of Topliss-reactive ketones (excluding diaryl/α,β-unsaturated/α-hetero) is 1. The second-order valence-electron chi connectivity index (χ2n) is 7.80. The molecule has 3 heteroatoms. The van der Waals surface area contributed by atoms with Crippen LogP contribution in [0.15, 0.2) is 17.9 Å². The van der Waals surface area contributed by atoms with Crippen LogP contribution in [-0.2, 0) is 22.4 Å². The summed E-state index contributed by atoms with van der Waals surface area (Å²) in [6, 6.07) is 4.31. The molecule has 3 aliphatic rings. The number of ketones is 1. The van der Waals surface area contributed by atoms with Gasteiger partial charge in [0.25, 0.3) is 0 Å². The summed E-state index contributed by atoms with van der Waals surface area (Å²) in [6.07, 6.45) is 3.58. The number of aliphatic hydroxyl groups is 1. The van der Waals surface area contributed by atoms with Crippen molar-refractivity contribution >= 4 is 11.4 Å². The molecule has 1 N–H and O–H groups in total. The van der Waals surface area contributed by atoms with Crippen molar-refractivity contribution in [2.45, 2.75) is 65.1 Å². The molecule has 1 aliphatic carbocycles. The third-order valence-electron chi connectivity index (χ3n) is 6.32. The Kier molecular flexibility index (Phi) is 3.44. The number of rotatable bonds is 3. The van der Waals surface area contributed by atoms with E-state index in [0.29, 0.717) is 5.57 Å². The molecule has 0 saturated carbocycles. The molecule has 0 aromatic heterocycles. The Morgan fingerprint density at radius 3 is 2.42 bits per heavy atom. The number of fused-ring (bicyclic) bond motifs is 5. The van der Waals surface area contributed by atoms with Gasteiger partial charge in [-0.2, -0.15) is 0 Å². The van der Waals surface area contributed by atoms with E-state index in [2.05, 4.69) is 32.9 Å². The van der Waals surface area contributed by atoms with Crippen LogP contribution in [0.5, 0.6) is 0 Å². The van der Waals surface area contributed by atoms with Gasteiger partial charge >= 0.3 is 0 Å². The number of hydrogen-bond donors (Lipinski definition) is 1. The van der Waals surface area contributed by atoms with Crippen LogP contribution in [0.2, 0.25) is 0 Å². The number of hydrogen-bond acceptors (Lipinski definition) is 3. The zero-order valence-electron chi connectivity index (χ0n) is 15.0. The molecule has 2 saturated heterocycles. The highest BCUT2D eigenvalue weighted by molar-refractivity contribution is 6.26. The first-order valence-electron chi connectivity index (χ1n) is 9.19. The van der Waals surface area contributed by atoms with Gasteiger partial charge in [0, 0.05) is 0 Å². The Hall–Kier alpha value is -1.61. The van der Waals surface area contributed by atoms with Crippen LogP contribution < -0.4 is 0 Å². The van der Waals surface area contributed by atoms with Gasteiger partial charge in [0.15, 0.2) is 5.78 Å². The lowest BCUT2D eigenvalue weighted by Gasteiger charge is -2.28. The zero-order chi connectivity index (χ0) is 17.2. The number of aryl methyl sites for hydroxylation is 3. The molecule has 2 bridgehead atoms. The number of carbonyl (C=O) groups is 1. The van der Waals surface area contributed by atoms with E-state index < -0.39 is 5.60 Å². The highest BCUT2D eigenvalue weighted by Gasteiger charge is 2.64. The Labute approximate surface area is 143 Å². The molecule has 2 heterocycles. The molecule has 0 spiro atoms. The standard InChI is InChI=1S/C21H26O3/c1-5-12-9-11(3)10-13(6-2)15(12)17-19(22)16-14-7-8-21(4,24-14)18(16)20(17)23/h9-10,14,16,18,22H,5-8H2,1-4H3/t14-,16-,18+,21+/m0/s1. The van der Waals surface area contributed by atoms with Crippen molar-refractivity contribution in [2.24, 2.45) is 11.8 Å². The van der Waals surface area contributed by atoms with Crippen LogP contribution in [0, 0.1) is 18.8 Å². The van der Waals surface area contributed by atoms with E-state index in [-0.39, 0.29) is 29.5 Å². The van der Waals surface area contributed by atoms with Crippen LogP contribution >= 0.6 is 0 Å². The average molecular weight is 326 g/mol. The van der Waals surface area contributed by atoms with Crippen LogP contribution in [-0.4, -0.2) is 22.6 Å². The molecule has 2 fully saturated rings. The summed E-state index contributed by atoms with van der Waals surface area (Å²) in [5.41, 5.74) is 4.73. The maximum absolute atomic E-state index is 13.3. The van der Waals surface area contributed by atoms with Crippen molar-refractivity contribution in [1.29, 1.82) is 0 Å². The van der Waals surface area contributed by atoms with Crippen molar-refractivity contribution in [3.05, 3.63) is 40.1 Å². The number of benzene rings is 1. The number of allylic oxidation sites excluding steroid dienone is 1. The SMILES string of the molecule is CCc1cc(C)cc(CC)c1C1=C(O)[C@H]2[C@@H]3CC[C@@](C)(O3)[C@H]2C1=O. The average Bonchev–Trinajstić information content (AvgIpc) is 3.16. The van der Waals surface area contributed by atoms with Crippen LogP contribution in [0.25, 0.3) is 5.57 Å². The first-order valence-corrected chi connectivity index (χ1v) is 9.19. The summed E-state index contributed by atoms with van der Waals surface area (Å²) in [5, 5.41) is 11.0. The first kappa shape index (κ1) is 15.9. The first-order chi connectivity index (χ1) is 11.4. The molecular weight excluding hydrogens is 300 g/mol. The van der Waals surface area contributed by atoms with E-state index in [9.17, 15) is 9.90 Å². The summed E-state index contributed by atoms with van der Waals surface area (Å²) >= 11 is 0.